The zero-order chi connectivity index (χ0) is 20.4. The highest BCUT2D eigenvalue weighted by Gasteiger charge is 2.34. The molecule has 0 bridgehead atoms. The van der Waals surface area contributed by atoms with Crippen LogP contribution >= 0.6 is 27.7 Å². The third kappa shape index (κ3) is 4.38. The van der Waals surface area contributed by atoms with Crippen molar-refractivity contribution in [3.63, 3.8) is 0 Å². The molecule has 1 N–H and O–H groups in total. The van der Waals surface area contributed by atoms with Crippen molar-refractivity contribution in [2.75, 3.05) is 16.0 Å². The molecule has 0 radical (unpaired) electrons. The van der Waals surface area contributed by atoms with Crippen LogP contribution in [0.1, 0.15) is 26.9 Å². The second kappa shape index (κ2) is 8.43. The van der Waals surface area contributed by atoms with Crippen LogP contribution in [0.25, 0.3) is 0 Å². The van der Waals surface area contributed by atoms with Crippen molar-refractivity contribution >= 4 is 50.9 Å². The lowest BCUT2D eigenvalue weighted by Crippen LogP contribution is -2.27. The molecule has 1 heterocycles. The highest BCUT2D eigenvalue weighted by Crippen LogP contribution is 2.42. The number of aryl methyl sites for hydroxylation is 1. The van der Waals surface area contributed by atoms with Crippen LogP contribution in [0.2, 0.25) is 0 Å². The van der Waals surface area contributed by atoms with Gasteiger partial charge in [0.15, 0.2) is 0 Å². The summed E-state index contributed by atoms with van der Waals surface area (Å²) in [6.45, 7) is 2.02. The molecule has 0 unspecified atom stereocenters. The molecule has 1 aliphatic rings. The van der Waals surface area contributed by atoms with Gasteiger partial charge in [-0.1, -0.05) is 40.2 Å². The summed E-state index contributed by atoms with van der Waals surface area (Å²) in [4.78, 5) is 27.0. The van der Waals surface area contributed by atoms with E-state index in [1.54, 1.807) is 23.9 Å². The number of thioether (sulfide) groups is 1. The number of hydrogen-bond acceptors (Lipinski definition) is 3. The first-order valence-electron chi connectivity index (χ1n) is 9.18. The van der Waals surface area contributed by atoms with E-state index in [1.807, 2.05) is 72.5 Å². The molecular weight excluding hydrogens is 448 g/mol. The summed E-state index contributed by atoms with van der Waals surface area (Å²) in [5, 5.41) is 2.83. The fourth-order valence-corrected chi connectivity index (χ4v) is 4.73. The Morgan fingerprint density at radius 3 is 2.59 bits per heavy atom. The van der Waals surface area contributed by atoms with Crippen LogP contribution in [-0.2, 0) is 4.79 Å². The maximum Gasteiger partial charge on any atom is 0.255 e. The largest absolute Gasteiger partial charge is 0.322 e. The van der Waals surface area contributed by atoms with Crippen LogP contribution in [0.4, 0.5) is 11.4 Å². The number of nitrogens with one attached hydrogen (secondary N) is 1. The van der Waals surface area contributed by atoms with Crippen LogP contribution in [0.3, 0.4) is 0 Å². The molecule has 0 saturated carbocycles. The molecule has 1 aliphatic heterocycles. The van der Waals surface area contributed by atoms with Crippen LogP contribution in [0.15, 0.2) is 77.3 Å². The lowest BCUT2D eigenvalue weighted by atomic mass is 10.1. The van der Waals surface area contributed by atoms with E-state index >= 15 is 0 Å². The molecule has 0 spiro atoms. The maximum absolute atomic E-state index is 12.6. The van der Waals surface area contributed by atoms with E-state index in [4.69, 9.17) is 0 Å². The van der Waals surface area contributed by atoms with Crippen LogP contribution < -0.4 is 10.2 Å². The quantitative estimate of drug-likeness (QED) is 0.529. The monoisotopic (exact) mass is 466 g/mol. The lowest BCUT2D eigenvalue weighted by Gasteiger charge is -2.25. The van der Waals surface area contributed by atoms with Crippen molar-refractivity contribution in [3.8, 4) is 0 Å². The molecule has 6 heteroatoms. The van der Waals surface area contributed by atoms with Gasteiger partial charge >= 0.3 is 0 Å². The average molecular weight is 467 g/mol. The molecule has 1 fully saturated rings. The molecule has 1 atom stereocenters. The van der Waals surface area contributed by atoms with Gasteiger partial charge in [-0.3, -0.25) is 14.5 Å². The van der Waals surface area contributed by atoms with Gasteiger partial charge in [-0.05, 0) is 66.6 Å². The normalized spacial score (nSPS) is 16.1. The van der Waals surface area contributed by atoms with Crippen molar-refractivity contribution in [1.82, 2.24) is 0 Å². The Labute approximate surface area is 182 Å². The second-order valence-electron chi connectivity index (χ2n) is 6.85. The van der Waals surface area contributed by atoms with Gasteiger partial charge in [0.05, 0.1) is 5.75 Å². The minimum Gasteiger partial charge on any atom is -0.322 e. The van der Waals surface area contributed by atoms with Gasteiger partial charge < -0.3 is 5.32 Å². The topological polar surface area (TPSA) is 49.4 Å². The summed E-state index contributed by atoms with van der Waals surface area (Å²) in [5.41, 5.74) is 4.29. The van der Waals surface area contributed by atoms with Gasteiger partial charge in [0.25, 0.3) is 5.91 Å². The summed E-state index contributed by atoms with van der Waals surface area (Å²) in [6, 6.07) is 22.9. The van der Waals surface area contributed by atoms with E-state index in [-0.39, 0.29) is 17.2 Å². The van der Waals surface area contributed by atoms with Gasteiger partial charge in [0.2, 0.25) is 5.91 Å². The van der Waals surface area contributed by atoms with E-state index in [1.165, 1.54) is 0 Å². The fraction of sp³-hybridized carbons (Fsp3) is 0.130. The van der Waals surface area contributed by atoms with Crippen molar-refractivity contribution in [2.24, 2.45) is 0 Å². The molecule has 29 heavy (non-hydrogen) atoms. The van der Waals surface area contributed by atoms with Gasteiger partial charge in [-0.2, -0.15) is 0 Å². The summed E-state index contributed by atoms with van der Waals surface area (Å²) >= 11 is 4.97. The first-order chi connectivity index (χ1) is 14.0. The van der Waals surface area contributed by atoms with Crippen molar-refractivity contribution in [3.05, 3.63) is 94.0 Å². The smallest absolute Gasteiger partial charge is 0.255 e. The first kappa shape index (κ1) is 19.7. The number of amides is 2. The Bertz CT molecular complexity index is 1070. The maximum atomic E-state index is 12.6. The van der Waals surface area contributed by atoms with E-state index in [0.29, 0.717) is 17.0 Å². The number of rotatable bonds is 4. The standard InChI is InChI=1S/C23H19BrN2O2S/c1-15-4-2-7-20(12-15)26-21(27)14-29-23(26)17-5-3-6-19(13-17)25-22(28)16-8-10-18(24)11-9-16/h2-13,23H,14H2,1H3,(H,25,28)/t23-/m0/s1. The summed E-state index contributed by atoms with van der Waals surface area (Å²) in [5.74, 6) is 0.365. The third-order valence-corrected chi connectivity index (χ3v) is 6.42. The highest BCUT2D eigenvalue weighted by molar-refractivity contribution is 9.10. The molecule has 4 rings (SSSR count). The van der Waals surface area contributed by atoms with Crippen molar-refractivity contribution in [2.45, 2.75) is 12.3 Å². The number of carbonyl (C=O) groups is 2. The van der Waals surface area contributed by atoms with E-state index in [9.17, 15) is 9.59 Å². The fourth-order valence-electron chi connectivity index (χ4n) is 3.30. The molecule has 3 aromatic carbocycles. The minimum absolute atomic E-state index is 0.0925. The molecule has 1 saturated heterocycles. The number of hydrogen-bond donors (Lipinski definition) is 1. The van der Waals surface area contributed by atoms with Gasteiger partial charge in [-0.15, -0.1) is 11.8 Å². The van der Waals surface area contributed by atoms with Crippen LogP contribution in [0, 0.1) is 6.92 Å². The van der Waals surface area contributed by atoms with Crippen molar-refractivity contribution in [1.29, 1.82) is 0 Å². The zero-order valence-electron chi connectivity index (χ0n) is 15.8. The Hall–Kier alpha value is -2.57. The van der Waals surface area contributed by atoms with Crippen LogP contribution in [-0.4, -0.2) is 17.6 Å². The number of benzene rings is 3. The molecule has 2 amide bonds. The SMILES string of the molecule is Cc1cccc(N2C(=O)CS[C@H]2c2cccc(NC(=O)c3ccc(Br)cc3)c2)c1. The number of nitrogens with zero attached hydrogens (tertiary/aromatic N) is 1. The highest BCUT2D eigenvalue weighted by atomic mass is 79.9. The average Bonchev–Trinajstić information content (AvgIpc) is 3.10. The zero-order valence-corrected chi connectivity index (χ0v) is 18.2. The second-order valence-corrected chi connectivity index (χ2v) is 8.84. The molecule has 4 nitrogen and oxygen atoms in total. The predicted octanol–water partition coefficient (Wildman–Crippen LogP) is 5.79. The summed E-state index contributed by atoms with van der Waals surface area (Å²) in [6.07, 6.45) is 0. The lowest BCUT2D eigenvalue weighted by molar-refractivity contribution is -0.115. The molecule has 0 aromatic heterocycles. The van der Waals surface area contributed by atoms with Crippen LogP contribution in [0.5, 0.6) is 0 Å². The molecule has 0 aliphatic carbocycles. The number of carbonyl (C=O) groups excluding carboxylic acids is 2. The third-order valence-electron chi connectivity index (χ3n) is 4.68. The van der Waals surface area contributed by atoms with Crippen molar-refractivity contribution < 1.29 is 9.59 Å². The Morgan fingerprint density at radius 2 is 1.83 bits per heavy atom. The van der Waals surface area contributed by atoms with Gasteiger partial charge in [0.1, 0.15) is 5.37 Å². The van der Waals surface area contributed by atoms with E-state index < -0.39 is 0 Å². The Kier molecular flexibility index (Phi) is 5.74. The summed E-state index contributed by atoms with van der Waals surface area (Å²) < 4.78 is 0.926. The Balaban J connectivity index is 1.58. The molecule has 3 aromatic rings. The molecule has 146 valence electrons. The van der Waals surface area contributed by atoms with E-state index in [2.05, 4.69) is 21.2 Å². The van der Waals surface area contributed by atoms with E-state index in [0.717, 1.165) is 21.3 Å². The predicted molar refractivity (Wildman–Crippen MR) is 122 cm³/mol. The van der Waals surface area contributed by atoms with Gasteiger partial charge in [0, 0.05) is 21.4 Å². The Morgan fingerprint density at radius 1 is 1.07 bits per heavy atom. The van der Waals surface area contributed by atoms with Gasteiger partial charge in [-0.25, -0.2) is 0 Å². The number of halogens is 1. The molecular formula is C23H19BrN2O2S. The minimum atomic E-state index is -0.166. The number of anilines is 2. The summed E-state index contributed by atoms with van der Waals surface area (Å²) in [7, 11) is 0. The first-order valence-corrected chi connectivity index (χ1v) is 11.0.